The lowest BCUT2D eigenvalue weighted by atomic mass is 10.2. The summed E-state index contributed by atoms with van der Waals surface area (Å²) in [5.74, 6) is -4.05. The van der Waals surface area contributed by atoms with Crippen molar-refractivity contribution in [2.24, 2.45) is 0 Å². The second kappa shape index (κ2) is 7.22. The Morgan fingerprint density at radius 1 is 1.21 bits per heavy atom. The first-order valence-corrected chi connectivity index (χ1v) is 6.05. The number of esters is 2. The maximum absolute atomic E-state index is 11.6. The van der Waals surface area contributed by atoms with E-state index in [4.69, 9.17) is 14.2 Å². The molecule has 19 heavy (non-hydrogen) atoms. The van der Waals surface area contributed by atoms with Gasteiger partial charge in [-0.15, -0.1) is 0 Å². The number of ether oxygens (including phenoxy) is 4. The number of carbonyl (C=O) groups is 2. The quantitative estimate of drug-likeness (QED) is 0.521. The maximum atomic E-state index is 11.6. The summed E-state index contributed by atoms with van der Waals surface area (Å²) in [7, 11) is 0. The first kappa shape index (κ1) is 15.6. The minimum Gasteiger partial charge on any atom is -0.393 e. The number of cyclic esters (lactones) is 2. The first-order valence-electron chi connectivity index (χ1n) is 6.05. The van der Waals surface area contributed by atoms with Crippen LogP contribution in [0, 0.1) is 0 Å². The van der Waals surface area contributed by atoms with Gasteiger partial charge in [0, 0.05) is 18.3 Å². The molecule has 0 bridgehead atoms. The molecule has 0 aromatic rings. The zero-order valence-electron chi connectivity index (χ0n) is 11.0. The van der Waals surface area contributed by atoms with Crippen LogP contribution in [0.15, 0.2) is 11.6 Å². The Balaban J connectivity index is 2.53. The van der Waals surface area contributed by atoms with E-state index in [9.17, 15) is 14.7 Å². The molecule has 7 heteroatoms. The predicted molar refractivity (Wildman–Crippen MR) is 62.8 cm³/mol. The van der Waals surface area contributed by atoms with Gasteiger partial charge in [-0.2, -0.15) is 0 Å². The zero-order chi connectivity index (χ0) is 14.3. The molecule has 0 saturated carbocycles. The Kier molecular flexibility index (Phi) is 5.94. The highest BCUT2D eigenvalue weighted by Crippen LogP contribution is 2.19. The van der Waals surface area contributed by atoms with Crippen LogP contribution >= 0.6 is 0 Å². The van der Waals surface area contributed by atoms with E-state index >= 15 is 0 Å². The van der Waals surface area contributed by atoms with Crippen LogP contribution in [0.5, 0.6) is 0 Å². The van der Waals surface area contributed by atoms with Crippen LogP contribution in [0.25, 0.3) is 0 Å². The zero-order valence-corrected chi connectivity index (χ0v) is 11.0. The Morgan fingerprint density at radius 3 is 2.53 bits per heavy atom. The van der Waals surface area contributed by atoms with Crippen molar-refractivity contribution in [2.75, 3.05) is 26.4 Å². The van der Waals surface area contributed by atoms with Crippen molar-refractivity contribution in [2.45, 2.75) is 26.2 Å². The molecule has 0 radical (unpaired) electrons. The van der Waals surface area contributed by atoms with E-state index in [1.807, 2.05) is 6.92 Å². The minimum atomic E-state index is -2.40. The fourth-order valence-corrected chi connectivity index (χ4v) is 1.39. The number of hydrogen-bond donors (Lipinski definition) is 1. The molecular formula is C12H18O7. The summed E-state index contributed by atoms with van der Waals surface area (Å²) >= 11 is 0. The molecule has 1 heterocycles. The smallest absolute Gasteiger partial charge is 0.393 e. The van der Waals surface area contributed by atoms with Gasteiger partial charge in [0.25, 0.3) is 0 Å². The fourth-order valence-electron chi connectivity index (χ4n) is 1.39. The molecule has 0 saturated heterocycles. The number of aliphatic hydroxyl groups is 1. The van der Waals surface area contributed by atoms with Crippen molar-refractivity contribution >= 4 is 11.9 Å². The largest absolute Gasteiger partial charge is 0.398 e. The van der Waals surface area contributed by atoms with Crippen LogP contribution in [0.4, 0.5) is 0 Å². The molecule has 7 nitrogen and oxygen atoms in total. The first-order chi connectivity index (χ1) is 9.00. The second-order valence-corrected chi connectivity index (χ2v) is 3.80. The van der Waals surface area contributed by atoms with Gasteiger partial charge in [-0.3, -0.25) is 0 Å². The topological polar surface area (TPSA) is 91.3 Å². The molecule has 108 valence electrons. The van der Waals surface area contributed by atoms with Crippen molar-refractivity contribution in [3.8, 4) is 0 Å². The molecule has 1 aliphatic heterocycles. The standard InChI is InChI=1S/C12H18O7/c1-3-9-7-10(13)18-12(15,19-11(9)14)8-17-6-5-16-4-2/h7,15H,3-6,8H2,1-2H3. The Hall–Kier alpha value is -1.44. The molecule has 0 aromatic carbocycles. The summed E-state index contributed by atoms with van der Waals surface area (Å²) < 4.78 is 19.4. The molecule has 1 unspecified atom stereocenters. The summed E-state index contributed by atoms with van der Waals surface area (Å²) in [6.07, 6.45) is 1.30. The third-order valence-corrected chi connectivity index (χ3v) is 2.31. The van der Waals surface area contributed by atoms with Gasteiger partial charge < -0.3 is 24.1 Å². The van der Waals surface area contributed by atoms with E-state index in [0.29, 0.717) is 19.6 Å². The van der Waals surface area contributed by atoms with E-state index in [2.05, 4.69) is 4.74 Å². The van der Waals surface area contributed by atoms with E-state index in [1.54, 1.807) is 6.92 Å². The molecular weight excluding hydrogens is 256 g/mol. The van der Waals surface area contributed by atoms with Gasteiger partial charge in [-0.05, 0) is 13.3 Å². The lowest BCUT2D eigenvalue weighted by molar-refractivity contribution is -0.337. The summed E-state index contributed by atoms with van der Waals surface area (Å²) in [6.45, 7) is 4.10. The predicted octanol–water partition coefficient (Wildman–Crippen LogP) is 0.122. The molecule has 0 spiro atoms. The minimum absolute atomic E-state index is 0.134. The highest BCUT2D eigenvalue weighted by Gasteiger charge is 2.40. The Labute approximate surface area is 111 Å². The van der Waals surface area contributed by atoms with Gasteiger partial charge in [0.15, 0.2) is 6.61 Å². The van der Waals surface area contributed by atoms with Crippen molar-refractivity contribution in [3.05, 3.63) is 11.6 Å². The molecule has 0 fully saturated rings. The molecule has 1 aliphatic rings. The lowest BCUT2D eigenvalue weighted by Crippen LogP contribution is -2.43. The highest BCUT2D eigenvalue weighted by atomic mass is 16.9. The highest BCUT2D eigenvalue weighted by molar-refractivity contribution is 5.97. The van der Waals surface area contributed by atoms with Crippen molar-refractivity contribution in [1.29, 1.82) is 0 Å². The summed E-state index contributed by atoms with van der Waals surface area (Å²) in [5.41, 5.74) is 0.134. The summed E-state index contributed by atoms with van der Waals surface area (Å²) in [5, 5.41) is 9.88. The van der Waals surface area contributed by atoms with E-state index in [0.717, 1.165) is 6.08 Å². The van der Waals surface area contributed by atoms with Crippen LogP contribution in [0.2, 0.25) is 0 Å². The van der Waals surface area contributed by atoms with Crippen LogP contribution in [-0.4, -0.2) is 49.4 Å². The van der Waals surface area contributed by atoms with Crippen LogP contribution < -0.4 is 0 Å². The monoisotopic (exact) mass is 274 g/mol. The van der Waals surface area contributed by atoms with Gasteiger partial charge in [-0.25, -0.2) is 9.59 Å². The van der Waals surface area contributed by atoms with E-state index in [1.165, 1.54) is 0 Å². The lowest BCUT2D eigenvalue weighted by Gasteiger charge is -2.24. The molecule has 1 N–H and O–H groups in total. The summed E-state index contributed by atoms with van der Waals surface area (Å²) in [4.78, 5) is 23.0. The molecule has 1 rings (SSSR count). The van der Waals surface area contributed by atoms with Crippen LogP contribution in [-0.2, 0) is 28.5 Å². The Bertz CT molecular complexity index is 363. The normalized spacial score (nSPS) is 23.4. The molecule has 0 amide bonds. The van der Waals surface area contributed by atoms with Crippen molar-refractivity contribution in [1.82, 2.24) is 0 Å². The maximum Gasteiger partial charge on any atom is 0.398 e. The SMILES string of the molecule is CCOCCOCC1(O)OC(=O)C=C(CC)C(=O)O1. The van der Waals surface area contributed by atoms with E-state index < -0.39 is 24.5 Å². The third-order valence-electron chi connectivity index (χ3n) is 2.31. The van der Waals surface area contributed by atoms with Gasteiger partial charge in [0.1, 0.15) is 0 Å². The van der Waals surface area contributed by atoms with Crippen molar-refractivity contribution in [3.63, 3.8) is 0 Å². The van der Waals surface area contributed by atoms with Crippen molar-refractivity contribution < 1.29 is 33.6 Å². The van der Waals surface area contributed by atoms with Crippen LogP contribution in [0.3, 0.4) is 0 Å². The molecule has 0 aromatic heterocycles. The molecule has 0 aliphatic carbocycles. The van der Waals surface area contributed by atoms with Gasteiger partial charge in [0.05, 0.1) is 13.2 Å². The average molecular weight is 274 g/mol. The van der Waals surface area contributed by atoms with Gasteiger partial charge in [0.2, 0.25) is 0 Å². The van der Waals surface area contributed by atoms with Gasteiger partial charge >= 0.3 is 17.9 Å². The summed E-state index contributed by atoms with van der Waals surface area (Å²) in [6, 6.07) is 0. The fraction of sp³-hybridized carbons (Fsp3) is 0.667. The van der Waals surface area contributed by atoms with Crippen LogP contribution in [0.1, 0.15) is 20.3 Å². The number of rotatable bonds is 7. The number of hydrogen-bond acceptors (Lipinski definition) is 7. The number of carbonyl (C=O) groups excluding carboxylic acids is 2. The van der Waals surface area contributed by atoms with Gasteiger partial charge in [-0.1, -0.05) is 6.92 Å². The molecule has 1 atom stereocenters. The van der Waals surface area contributed by atoms with E-state index in [-0.39, 0.29) is 12.2 Å². The third kappa shape index (κ3) is 4.98. The Morgan fingerprint density at radius 2 is 1.89 bits per heavy atom. The second-order valence-electron chi connectivity index (χ2n) is 3.80. The average Bonchev–Trinajstić information content (AvgIpc) is 2.45.